The quantitative estimate of drug-likeness (QED) is 0.427. The molecule has 8 nitrogen and oxygen atoms in total. The number of carboxylic acids is 1. The number of fused-ring (bicyclic) bond motifs is 3. The molecule has 2 amide bonds. The second-order valence-electron chi connectivity index (χ2n) is 7.96. The maximum absolute atomic E-state index is 12.3. The lowest BCUT2D eigenvalue weighted by atomic mass is 9.98. The van der Waals surface area contributed by atoms with Gasteiger partial charge in [0, 0.05) is 17.8 Å². The van der Waals surface area contributed by atoms with E-state index in [4.69, 9.17) is 9.84 Å². The summed E-state index contributed by atoms with van der Waals surface area (Å²) in [5, 5.41) is 16.5. The maximum Gasteiger partial charge on any atom is 0.407 e. The van der Waals surface area contributed by atoms with Crippen molar-refractivity contribution in [2.24, 2.45) is 5.92 Å². The van der Waals surface area contributed by atoms with Crippen LogP contribution in [0.15, 0.2) is 53.9 Å². The number of thiazole rings is 1. The average molecular weight is 480 g/mol. The van der Waals surface area contributed by atoms with Crippen LogP contribution in [0.4, 0.5) is 4.79 Å². The Hall–Kier alpha value is -3.72. The molecule has 1 heterocycles. The Labute approximate surface area is 201 Å². The monoisotopic (exact) mass is 479 g/mol. The van der Waals surface area contributed by atoms with Crippen LogP contribution < -0.4 is 10.6 Å². The first kappa shape index (κ1) is 23.4. The van der Waals surface area contributed by atoms with E-state index in [0.717, 1.165) is 22.3 Å². The molecule has 0 saturated carbocycles. The maximum atomic E-state index is 12.3. The molecule has 3 N–H and O–H groups in total. The number of amides is 2. The highest BCUT2D eigenvalue weighted by Gasteiger charge is 2.29. The lowest BCUT2D eigenvalue weighted by Crippen LogP contribution is -2.32. The zero-order valence-electron chi connectivity index (χ0n) is 18.6. The van der Waals surface area contributed by atoms with Gasteiger partial charge in [0.05, 0.1) is 12.5 Å². The minimum atomic E-state index is -0.950. The molecule has 0 bridgehead atoms. The summed E-state index contributed by atoms with van der Waals surface area (Å²) in [6, 6.07) is 16.2. The van der Waals surface area contributed by atoms with Gasteiger partial charge in [0.1, 0.15) is 17.3 Å². The number of benzene rings is 2. The van der Waals surface area contributed by atoms with Crippen LogP contribution in [0.25, 0.3) is 11.1 Å². The Morgan fingerprint density at radius 2 is 1.71 bits per heavy atom. The minimum absolute atomic E-state index is 0.0222. The third-order valence-electron chi connectivity index (χ3n) is 5.86. The standard InChI is InChI=1S/C25H25N3O5S/c1-2-15(24(30)31)11-26-23(29)21-14-34-22(28-21)12-27-25(32)33-13-20-18-9-5-3-7-16(18)17-8-4-6-10-19(17)20/h3-10,14-15,20H,2,11-13H2,1H3,(H,26,29)(H,27,32)(H,30,31). The van der Waals surface area contributed by atoms with E-state index >= 15 is 0 Å². The highest BCUT2D eigenvalue weighted by atomic mass is 32.1. The minimum Gasteiger partial charge on any atom is -0.481 e. The number of alkyl carbamates (subject to hydrolysis) is 1. The van der Waals surface area contributed by atoms with E-state index in [2.05, 4.69) is 39.9 Å². The van der Waals surface area contributed by atoms with Crippen molar-refractivity contribution in [1.29, 1.82) is 0 Å². The predicted octanol–water partition coefficient (Wildman–Crippen LogP) is 4.02. The van der Waals surface area contributed by atoms with Gasteiger partial charge < -0.3 is 20.5 Å². The molecule has 1 aromatic heterocycles. The predicted molar refractivity (Wildman–Crippen MR) is 128 cm³/mol. The van der Waals surface area contributed by atoms with Gasteiger partial charge in [0.15, 0.2) is 0 Å². The highest BCUT2D eigenvalue weighted by Crippen LogP contribution is 2.44. The van der Waals surface area contributed by atoms with E-state index in [9.17, 15) is 14.4 Å². The van der Waals surface area contributed by atoms with Gasteiger partial charge in [-0.15, -0.1) is 11.3 Å². The number of aliphatic carboxylic acids is 1. The van der Waals surface area contributed by atoms with Crippen molar-refractivity contribution in [3.8, 4) is 11.1 Å². The number of carbonyl (C=O) groups excluding carboxylic acids is 2. The van der Waals surface area contributed by atoms with Crippen LogP contribution >= 0.6 is 11.3 Å². The smallest absolute Gasteiger partial charge is 0.407 e. The molecule has 0 saturated heterocycles. The Morgan fingerprint density at radius 1 is 1.06 bits per heavy atom. The molecule has 4 rings (SSSR count). The molecule has 1 aliphatic carbocycles. The fourth-order valence-corrected chi connectivity index (χ4v) is 4.72. The van der Waals surface area contributed by atoms with Crippen LogP contribution in [0.5, 0.6) is 0 Å². The van der Waals surface area contributed by atoms with Gasteiger partial charge >= 0.3 is 12.1 Å². The third kappa shape index (κ3) is 5.09. The summed E-state index contributed by atoms with van der Waals surface area (Å²) in [5.74, 6) is -2.05. The van der Waals surface area contributed by atoms with E-state index in [1.807, 2.05) is 24.3 Å². The van der Waals surface area contributed by atoms with Crippen LogP contribution in [0.3, 0.4) is 0 Å². The first-order valence-electron chi connectivity index (χ1n) is 11.0. The number of aromatic nitrogens is 1. The topological polar surface area (TPSA) is 118 Å². The van der Waals surface area contributed by atoms with E-state index < -0.39 is 23.9 Å². The first-order valence-corrected chi connectivity index (χ1v) is 11.9. The number of nitrogens with one attached hydrogen (secondary N) is 2. The van der Waals surface area contributed by atoms with Crippen molar-refractivity contribution in [3.63, 3.8) is 0 Å². The summed E-state index contributed by atoms with van der Waals surface area (Å²) in [6.07, 6.45) is -0.141. The second-order valence-corrected chi connectivity index (χ2v) is 8.90. The van der Waals surface area contributed by atoms with Gasteiger partial charge in [-0.3, -0.25) is 9.59 Å². The molecule has 0 radical (unpaired) electrons. The summed E-state index contributed by atoms with van der Waals surface area (Å²) >= 11 is 1.23. The lowest BCUT2D eigenvalue weighted by Gasteiger charge is -2.14. The Morgan fingerprint density at radius 3 is 2.32 bits per heavy atom. The van der Waals surface area contributed by atoms with Crippen LogP contribution in [0, 0.1) is 5.92 Å². The summed E-state index contributed by atoms with van der Waals surface area (Å²) in [4.78, 5) is 39.8. The summed E-state index contributed by atoms with van der Waals surface area (Å²) < 4.78 is 5.51. The number of carboxylic acid groups (broad SMARTS) is 1. The van der Waals surface area contributed by atoms with Gasteiger partial charge in [0.25, 0.3) is 5.91 Å². The first-order chi connectivity index (χ1) is 16.5. The van der Waals surface area contributed by atoms with E-state index in [0.29, 0.717) is 11.4 Å². The normalized spacial score (nSPS) is 13.0. The fraction of sp³-hybridized carbons (Fsp3) is 0.280. The van der Waals surface area contributed by atoms with E-state index in [-0.39, 0.29) is 31.3 Å². The number of rotatable bonds is 9. The van der Waals surface area contributed by atoms with Crippen LogP contribution in [-0.2, 0) is 16.1 Å². The lowest BCUT2D eigenvalue weighted by molar-refractivity contribution is -0.141. The number of carbonyl (C=O) groups is 3. The van der Waals surface area contributed by atoms with Crippen molar-refractivity contribution >= 4 is 29.3 Å². The highest BCUT2D eigenvalue weighted by molar-refractivity contribution is 7.09. The molecule has 176 valence electrons. The molecule has 1 atom stereocenters. The van der Waals surface area contributed by atoms with Crippen molar-refractivity contribution in [1.82, 2.24) is 15.6 Å². The molecular formula is C25H25N3O5S. The molecule has 34 heavy (non-hydrogen) atoms. The van der Waals surface area contributed by atoms with Gasteiger partial charge in [-0.2, -0.15) is 0 Å². The van der Waals surface area contributed by atoms with Crippen LogP contribution in [-0.4, -0.2) is 41.2 Å². The van der Waals surface area contributed by atoms with E-state index in [1.165, 1.54) is 11.3 Å². The van der Waals surface area contributed by atoms with Gasteiger partial charge in [-0.1, -0.05) is 55.5 Å². The van der Waals surface area contributed by atoms with Crippen molar-refractivity contribution in [2.45, 2.75) is 25.8 Å². The van der Waals surface area contributed by atoms with Gasteiger partial charge in [-0.25, -0.2) is 9.78 Å². The fourth-order valence-electron chi connectivity index (χ4n) is 4.01. The van der Waals surface area contributed by atoms with Crippen LogP contribution in [0.1, 0.15) is 45.9 Å². The Balaban J connectivity index is 1.28. The largest absolute Gasteiger partial charge is 0.481 e. The Kier molecular flexibility index (Phi) is 7.22. The average Bonchev–Trinajstić information content (AvgIpc) is 3.44. The number of nitrogens with zero attached hydrogens (tertiary/aromatic N) is 1. The molecular weight excluding hydrogens is 454 g/mol. The number of ether oxygens (including phenoxy) is 1. The van der Waals surface area contributed by atoms with Crippen molar-refractivity contribution in [3.05, 3.63) is 75.7 Å². The number of hydrogen-bond acceptors (Lipinski definition) is 6. The molecule has 9 heteroatoms. The third-order valence-corrected chi connectivity index (χ3v) is 6.71. The summed E-state index contributed by atoms with van der Waals surface area (Å²) in [5.41, 5.74) is 4.79. The summed E-state index contributed by atoms with van der Waals surface area (Å²) in [7, 11) is 0. The molecule has 0 fully saturated rings. The van der Waals surface area contributed by atoms with E-state index in [1.54, 1.807) is 12.3 Å². The molecule has 2 aromatic carbocycles. The molecule has 0 spiro atoms. The number of hydrogen-bond donors (Lipinski definition) is 3. The molecule has 1 unspecified atom stereocenters. The SMILES string of the molecule is CCC(CNC(=O)c1csc(CNC(=O)OCC2c3ccccc3-c3ccccc32)n1)C(=O)O. The van der Waals surface area contributed by atoms with Gasteiger partial charge in [-0.05, 0) is 28.7 Å². The zero-order valence-corrected chi connectivity index (χ0v) is 19.4. The summed E-state index contributed by atoms with van der Waals surface area (Å²) in [6.45, 7) is 2.13. The Bertz CT molecular complexity index is 1160. The molecule has 0 aliphatic heterocycles. The molecule has 3 aromatic rings. The van der Waals surface area contributed by atoms with Gasteiger partial charge in [0.2, 0.25) is 0 Å². The zero-order chi connectivity index (χ0) is 24.1. The molecule has 1 aliphatic rings. The van der Waals surface area contributed by atoms with Crippen molar-refractivity contribution < 1.29 is 24.2 Å². The van der Waals surface area contributed by atoms with Crippen LogP contribution in [0.2, 0.25) is 0 Å². The second kappa shape index (κ2) is 10.5. The van der Waals surface area contributed by atoms with Crippen molar-refractivity contribution in [2.75, 3.05) is 13.2 Å².